The molecule has 0 aliphatic heterocycles. The number of pyridine rings is 1. The van der Waals surface area contributed by atoms with Crippen molar-refractivity contribution in [1.29, 1.82) is 0 Å². The lowest BCUT2D eigenvalue weighted by Gasteiger charge is -2.23. The SMILES string of the molecule is CCS(=O)(=O)N(Cc1ccc(C(=O)CN)cn1)c1cccc(Br)c1. The molecule has 0 saturated carbocycles. The molecule has 0 aliphatic rings. The molecule has 0 bridgehead atoms. The summed E-state index contributed by atoms with van der Waals surface area (Å²) in [7, 11) is -3.47. The number of carbonyl (C=O) groups excluding carboxylic acids is 1. The lowest BCUT2D eigenvalue weighted by atomic mass is 10.2. The lowest BCUT2D eigenvalue weighted by Crippen LogP contribution is -2.32. The van der Waals surface area contributed by atoms with Crippen molar-refractivity contribution in [2.45, 2.75) is 13.5 Å². The van der Waals surface area contributed by atoms with E-state index in [2.05, 4.69) is 20.9 Å². The van der Waals surface area contributed by atoms with E-state index in [9.17, 15) is 13.2 Å². The number of sulfonamides is 1. The van der Waals surface area contributed by atoms with Gasteiger partial charge in [-0.3, -0.25) is 14.1 Å². The van der Waals surface area contributed by atoms with E-state index in [1.165, 1.54) is 10.5 Å². The number of rotatable bonds is 7. The highest BCUT2D eigenvalue weighted by Crippen LogP contribution is 2.24. The molecular formula is C16H18BrN3O3S. The molecule has 2 N–H and O–H groups in total. The summed E-state index contributed by atoms with van der Waals surface area (Å²) < 4.78 is 27.0. The second kappa shape index (κ2) is 7.87. The Bertz CT molecular complexity index is 823. The Kier molecular flexibility index (Phi) is 6.09. The molecule has 0 amide bonds. The molecule has 0 saturated heterocycles. The standard InChI is InChI=1S/C16H18BrN3O3S/c1-2-24(22,23)20(15-5-3-4-13(17)8-15)11-14-7-6-12(10-19-14)16(21)9-18/h3-8,10H,2,9,11,18H2,1H3. The van der Waals surface area contributed by atoms with Crippen molar-refractivity contribution in [3.8, 4) is 0 Å². The van der Waals surface area contributed by atoms with Gasteiger partial charge in [0.1, 0.15) is 0 Å². The molecule has 24 heavy (non-hydrogen) atoms. The van der Waals surface area contributed by atoms with Gasteiger partial charge in [0.25, 0.3) is 0 Å². The van der Waals surface area contributed by atoms with Crippen molar-refractivity contribution in [2.24, 2.45) is 5.73 Å². The van der Waals surface area contributed by atoms with Crippen LogP contribution in [0.15, 0.2) is 47.1 Å². The van der Waals surface area contributed by atoms with Crippen molar-refractivity contribution < 1.29 is 13.2 Å². The first kappa shape index (κ1) is 18.6. The summed E-state index contributed by atoms with van der Waals surface area (Å²) >= 11 is 3.35. The topological polar surface area (TPSA) is 93.4 Å². The quantitative estimate of drug-likeness (QED) is 0.705. The second-order valence-corrected chi connectivity index (χ2v) is 8.15. The first-order valence-corrected chi connectivity index (χ1v) is 9.71. The molecule has 0 aliphatic carbocycles. The first-order valence-electron chi connectivity index (χ1n) is 7.31. The van der Waals surface area contributed by atoms with E-state index in [0.717, 1.165) is 4.47 Å². The Labute approximate surface area is 149 Å². The van der Waals surface area contributed by atoms with E-state index in [4.69, 9.17) is 5.73 Å². The van der Waals surface area contributed by atoms with E-state index in [1.54, 1.807) is 37.3 Å². The van der Waals surface area contributed by atoms with Crippen LogP contribution in [0.5, 0.6) is 0 Å². The van der Waals surface area contributed by atoms with E-state index in [0.29, 0.717) is 16.9 Å². The summed E-state index contributed by atoms with van der Waals surface area (Å²) in [5.41, 5.74) is 6.82. The third-order valence-corrected chi connectivity index (χ3v) is 5.67. The van der Waals surface area contributed by atoms with Crippen molar-refractivity contribution in [1.82, 2.24) is 4.98 Å². The number of ketones is 1. The predicted octanol–water partition coefficient (Wildman–Crippen LogP) is 2.34. The monoisotopic (exact) mass is 411 g/mol. The number of anilines is 1. The number of aromatic nitrogens is 1. The van der Waals surface area contributed by atoms with Crippen LogP contribution in [0.1, 0.15) is 23.0 Å². The Morgan fingerprint density at radius 2 is 2.04 bits per heavy atom. The summed E-state index contributed by atoms with van der Waals surface area (Å²) in [6.45, 7) is 1.59. The van der Waals surface area contributed by atoms with Gasteiger partial charge in [-0.1, -0.05) is 22.0 Å². The van der Waals surface area contributed by atoms with Gasteiger partial charge in [0, 0.05) is 16.2 Å². The van der Waals surface area contributed by atoms with Crippen LogP contribution in [0, 0.1) is 0 Å². The third kappa shape index (κ3) is 4.40. The van der Waals surface area contributed by atoms with Gasteiger partial charge < -0.3 is 5.73 Å². The summed E-state index contributed by atoms with van der Waals surface area (Å²) in [6.07, 6.45) is 1.42. The molecular weight excluding hydrogens is 394 g/mol. The van der Waals surface area contributed by atoms with Crippen molar-refractivity contribution in [3.05, 3.63) is 58.3 Å². The number of benzene rings is 1. The Morgan fingerprint density at radius 3 is 2.58 bits per heavy atom. The highest BCUT2D eigenvalue weighted by Gasteiger charge is 2.21. The minimum Gasteiger partial charge on any atom is -0.324 e. The molecule has 0 atom stereocenters. The number of carbonyl (C=O) groups is 1. The highest BCUT2D eigenvalue weighted by molar-refractivity contribution is 9.10. The summed E-state index contributed by atoms with van der Waals surface area (Å²) in [5.74, 6) is -0.234. The minimum atomic E-state index is -3.47. The van der Waals surface area contributed by atoms with Gasteiger partial charge in [0.05, 0.1) is 30.2 Å². The maximum atomic E-state index is 12.4. The molecule has 0 fully saturated rings. The molecule has 8 heteroatoms. The maximum absolute atomic E-state index is 12.4. The van der Waals surface area contributed by atoms with Crippen LogP contribution in [0.4, 0.5) is 5.69 Å². The van der Waals surface area contributed by atoms with Gasteiger partial charge in [-0.15, -0.1) is 0 Å². The van der Waals surface area contributed by atoms with E-state index in [-0.39, 0.29) is 24.6 Å². The van der Waals surface area contributed by atoms with Crippen LogP contribution in [0.25, 0.3) is 0 Å². The molecule has 1 aromatic heterocycles. The predicted molar refractivity (Wildman–Crippen MR) is 97.4 cm³/mol. The van der Waals surface area contributed by atoms with Crippen LogP contribution in [-0.4, -0.2) is 31.5 Å². The lowest BCUT2D eigenvalue weighted by molar-refractivity contribution is 0.100. The van der Waals surface area contributed by atoms with E-state index < -0.39 is 10.0 Å². The van der Waals surface area contributed by atoms with E-state index >= 15 is 0 Å². The smallest absolute Gasteiger partial charge is 0.235 e. The number of Topliss-reactive ketones (excluding diaryl/α,β-unsaturated/α-hetero) is 1. The Morgan fingerprint density at radius 1 is 1.29 bits per heavy atom. The normalized spacial score (nSPS) is 11.3. The van der Waals surface area contributed by atoms with Crippen LogP contribution in [0.3, 0.4) is 0 Å². The summed E-state index contributed by atoms with van der Waals surface area (Å²) in [5, 5.41) is 0. The average molecular weight is 412 g/mol. The average Bonchev–Trinajstić information content (AvgIpc) is 2.59. The van der Waals surface area contributed by atoms with Crippen LogP contribution in [-0.2, 0) is 16.6 Å². The number of hydrogen-bond donors (Lipinski definition) is 1. The number of hydrogen-bond acceptors (Lipinski definition) is 5. The fourth-order valence-electron chi connectivity index (χ4n) is 2.09. The molecule has 6 nitrogen and oxygen atoms in total. The minimum absolute atomic E-state index is 0.0245. The Hall–Kier alpha value is -1.77. The molecule has 1 aromatic carbocycles. The molecule has 2 aromatic rings. The summed E-state index contributed by atoms with van der Waals surface area (Å²) in [6, 6.07) is 10.3. The van der Waals surface area contributed by atoms with Gasteiger partial charge in [-0.2, -0.15) is 0 Å². The van der Waals surface area contributed by atoms with Gasteiger partial charge in [-0.25, -0.2) is 8.42 Å². The fraction of sp³-hybridized carbons (Fsp3) is 0.250. The second-order valence-electron chi connectivity index (χ2n) is 5.05. The number of nitrogens with zero attached hydrogens (tertiary/aromatic N) is 2. The van der Waals surface area contributed by atoms with E-state index in [1.807, 2.05) is 6.07 Å². The van der Waals surface area contributed by atoms with Crippen LogP contribution >= 0.6 is 15.9 Å². The highest BCUT2D eigenvalue weighted by atomic mass is 79.9. The zero-order chi connectivity index (χ0) is 17.7. The van der Waals surface area contributed by atoms with Gasteiger partial charge in [-0.05, 0) is 37.3 Å². The van der Waals surface area contributed by atoms with Gasteiger partial charge in [0.2, 0.25) is 10.0 Å². The largest absolute Gasteiger partial charge is 0.324 e. The molecule has 128 valence electrons. The molecule has 1 heterocycles. The van der Waals surface area contributed by atoms with Crippen molar-refractivity contribution in [2.75, 3.05) is 16.6 Å². The van der Waals surface area contributed by atoms with Gasteiger partial charge >= 0.3 is 0 Å². The third-order valence-electron chi connectivity index (χ3n) is 3.43. The van der Waals surface area contributed by atoms with Crippen LogP contribution in [0.2, 0.25) is 0 Å². The number of nitrogens with two attached hydrogens (primary N) is 1. The van der Waals surface area contributed by atoms with Crippen LogP contribution < -0.4 is 10.0 Å². The maximum Gasteiger partial charge on any atom is 0.235 e. The van der Waals surface area contributed by atoms with Crippen molar-refractivity contribution in [3.63, 3.8) is 0 Å². The zero-order valence-electron chi connectivity index (χ0n) is 13.1. The molecule has 0 spiro atoms. The van der Waals surface area contributed by atoms with Gasteiger partial charge in [0.15, 0.2) is 5.78 Å². The molecule has 0 radical (unpaired) electrons. The summed E-state index contributed by atoms with van der Waals surface area (Å²) in [4.78, 5) is 15.7. The Balaban J connectivity index is 2.34. The first-order chi connectivity index (χ1) is 11.4. The molecule has 2 rings (SSSR count). The fourth-order valence-corrected chi connectivity index (χ4v) is 3.55. The molecule has 0 unspecified atom stereocenters. The number of halogens is 1. The van der Waals surface area contributed by atoms with Crippen molar-refractivity contribution >= 4 is 37.4 Å². The zero-order valence-corrected chi connectivity index (χ0v) is 15.5.